The summed E-state index contributed by atoms with van der Waals surface area (Å²) in [5.41, 5.74) is 0. The van der Waals surface area contributed by atoms with Gasteiger partial charge in [-0.3, -0.25) is 4.79 Å². The highest BCUT2D eigenvalue weighted by Crippen LogP contribution is 2.26. The van der Waals surface area contributed by atoms with Crippen LogP contribution in [0.5, 0.6) is 0 Å². The molecule has 0 bridgehead atoms. The van der Waals surface area contributed by atoms with E-state index in [4.69, 9.17) is 19.3 Å². The largest absolute Gasteiger partial charge is 0.394 e. The van der Waals surface area contributed by atoms with Gasteiger partial charge in [0.1, 0.15) is 18.9 Å². The molecule has 162 valence electrons. The summed E-state index contributed by atoms with van der Waals surface area (Å²) in [5, 5.41) is 31.4. The van der Waals surface area contributed by atoms with Gasteiger partial charge in [-0.25, -0.2) is 0 Å². The fourth-order valence-electron chi connectivity index (χ4n) is 2.42. The molecule has 0 saturated carbocycles. The summed E-state index contributed by atoms with van der Waals surface area (Å²) in [7, 11) is 1.52. The van der Waals surface area contributed by atoms with Crippen LogP contribution >= 0.6 is 0 Å². The van der Waals surface area contributed by atoms with E-state index in [2.05, 4.69) is 26.1 Å². The average Bonchev–Trinajstić information content (AvgIpc) is 2.62. The van der Waals surface area contributed by atoms with Crippen molar-refractivity contribution in [3.63, 3.8) is 0 Å². The zero-order valence-electron chi connectivity index (χ0n) is 17.4. The Morgan fingerprint density at radius 2 is 1.78 bits per heavy atom. The van der Waals surface area contributed by atoms with Gasteiger partial charge in [0.15, 0.2) is 6.29 Å². The number of aliphatic hydroxyl groups is 3. The minimum atomic E-state index is -1.11. The normalized spacial score (nSPS) is 27.8. The third-order valence-electron chi connectivity index (χ3n) is 3.93. The molecule has 1 aliphatic heterocycles. The number of carbonyl (C=O) groups excluding carboxylic acids is 1. The van der Waals surface area contributed by atoms with Gasteiger partial charge >= 0.3 is 0 Å². The standard InChI is InChI=1S/C15H29NO7.C4H10/c1-10-13(19)14(20)11(8-17)23-15(10)22-7-5-3-4-6-12(18)16-9-21-2;1-4(2)3/h10-11,13-15,17,19-20H,3-9H2,1-2H3,(H,16,18);4H,1-3H3/t10?,11?,13-,14+,15-;/m1./s1. The summed E-state index contributed by atoms with van der Waals surface area (Å²) < 4.78 is 15.8. The van der Waals surface area contributed by atoms with Crippen molar-refractivity contribution in [2.45, 2.75) is 78.0 Å². The molecule has 0 aromatic heterocycles. The number of rotatable bonds is 10. The van der Waals surface area contributed by atoms with Gasteiger partial charge in [-0.2, -0.15) is 0 Å². The Hall–Kier alpha value is -0.770. The lowest BCUT2D eigenvalue weighted by Gasteiger charge is -2.40. The summed E-state index contributed by atoms with van der Waals surface area (Å²) in [5.74, 6) is 0.410. The third-order valence-corrected chi connectivity index (χ3v) is 3.93. The number of nitrogens with one attached hydrogen (secondary N) is 1. The average molecular weight is 394 g/mol. The Morgan fingerprint density at radius 1 is 1.15 bits per heavy atom. The van der Waals surface area contributed by atoms with E-state index in [0.29, 0.717) is 13.0 Å². The third kappa shape index (κ3) is 11.6. The molecule has 1 fully saturated rings. The molecule has 1 aliphatic rings. The minimum Gasteiger partial charge on any atom is -0.394 e. The summed E-state index contributed by atoms with van der Waals surface area (Å²) in [6.45, 7) is 8.50. The van der Waals surface area contributed by atoms with Crippen molar-refractivity contribution >= 4 is 5.91 Å². The number of hydrogen-bond acceptors (Lipinski definition) is 7. The van der Waals surface area contributed by atoms with Crippen LogP contribution in [-0.4, -0.2) is 72.9 Å². The van der Waals surface area contributed by atoms with Crippen molar-refractivity contribution in [2.75, 3.05) is 27.1 Å². The minimum absolute atomic E-state index is 0.0418. The van der Waals surface area contributed by atoms with Gasteiger partial charge in [-0.15, -0.1) is 0 Å². The summed E-state index contributed by atoms with van der Waals surface area (Å²) in [4.78, 5) is 11.3. The van der Waals surface area contributed by atoms with E-state index < -0.39 is 24.6 Å². The maximum atomic E-state index is 11.3. The van der Waals surface area contributed by atoms with Crippen LogP contribution in [0.3, 0.4) is 0 Å². The molecule has 0 radical (unpaired) electrons. The topological polar surface area (TPSA) is 117 Å². The molecule has 0 aliphatic carbocycles. The number of aliphatic hydroxyl groups excluding tert-OH is 3. The summed E-state index contributed by atoms with van der Waals surface area (Å²) in [6, 6.07) is 0. The summed E-state index contributed by atoms with van der Waals surface area (Å²) >= 11 is 0. The lowest BCUT2D eigenvalue weighted by molar-refractivity contribution is -0.282. The fraction of sp³-hybridized carbons (Fsp3) is 0.947. The second-order valence-electron chi connectivity index (χ2n) is 7.51. The Balaban J connectivity index is 0.00000153. The van der Waals surface area contributed by atoms with Crippen LogP contribution in [0, 0.1) is 11.8 Å². The first-order valence-corrected chi connectivity index (χ1v) is 9.74. The molecule has 2 unspecified atom stereocenters. The van der Waals surface area contributed by atoms with Crippen LogP contribution in [0.2, 0.25) is 0 Å². The van der Waals surface area contributed by atoms with Gasteiger partial charge in [0.2, 0.25) is 5.91 Å². The van der Waals surface area contributed by atoms with E-state index in [1.807, 2.05) is 0 Å². The Kier molecular flexibility index (Phi) is 14.8. The van der Waals surface area contributed by atoms with Crippen molar-refractivity contribution in [3.05, 3.63) is 0 Å². The number of unbranched alkanes of at least 4 members (excludes halogenated alkanes) is 2. The molecule has 1 rings (SSSR count). The first-order valence-electron chi connectivity index (χ1n) is 9.74. The highest BCUT2D eigenvalue weighted by molar-refractivity contribution is 5.75. The van der Waals surface area contributed by atoms with E-state index >= 15 is 0 Å². The van der Waals surface area contributed by atoms with E-state index in [0.717, 1.165) is 25.2 Å². The van der Waals surface area contributed by atoms with Crippen molar-refractivity contribution in [1.82, 2.24) is 5.32 Å². The Morgan fingerprint density at radius 3 is 2.33 bits per heavy atom. The highest BCUT2D eigenvalue weighted by Gasteiger charge is 2.42. The van der Waals surface area contributed by atoms with E-state index in [1.165, 1.54) is 7.11 Å². The number of ether oxygens (including phenoxy) is 3. The first kappa shape index (κ1) is 26.2. The van der Waals surface area contributed by atoms with Gasteiger partial charge in [0.05, 0.1) is 12.7 Å². The zero-order valence-corrected chi connectivity index (χ0v) is 17.4. The van der Waals surface area contributed by atoms with Gasteiger partial charge in [-0.05, 0) is 18.8 Å². The molecule has 0 aromatic rings. The number of methoxy groups -OCH3 is 1. The molecule has 4 N–H and O–H groups in total. The molecule has 8 nitrogen and oxygen atoms in total. The number of carbonyl (C=O) groups is 1. The van der Waals surface area contributed by atoms with Gasteiger partial charge in [0.25, 0.3) is 0 Å². The van der Waals surface area contributed by atoms with Crippen LogP contribution in [0.15, 0.2) is 0 Å². The predicted octanol–water partition coefficient (Wildman–Crippen LogP) is 1.02. The van der Waals surface area contributed by atoms with Crippen molar-refractivity contribution in [3.8, 4) is 0 Å². The number of hydrogen-bond donors (Lipinski definition) is 4. The van der Waals surface area contributed by atoms with Gasteiger partial charge in [-0.1, -0.05) is 34.1 Å². The molecule has 1 amide bonds. The summed E-state index contributed by atoms with van der Waals surface area (Å²) in [6.07, 6.45) is -0.817. The van der Waals surface area contributed by atoms with Crippen LogP contribution < -0.4 is 5.32 Å². The quantitative estimate of drug-likeness (QED) is 0.323. The smallest absolute Gasteiger partial charge is 0.221 e. The van der Waals surface area contributed by atoms with Crippen LogP contribution in [0.1, 0.15) is 53.4 Å². The molecule has 1 heterocycles. The number of amides is 1. The van der Waals surface area contributed by atoms with E-state index in [1.54, 1.807) is 6.92 Å². The Labute approximate surface area is 163 Å². The maximum absolute atomic E-state index is 11.3. The second-order valence-corrected chi connectivity index (χ2v) is 7.51. The molecule has 27 heavy (non-hydrogen) atoms. The molecule has 0 spiro atoms. The first-order chi connectivity index (χ1) is 12.7. The van der Waals surface area contributed by atoms with Crippen molar-refractivity contribution in [2.24, 2.45) is 11.8 Å². The molecule has 1 saturated heterocycles. The monoisotopic (exact) mass is 393 g/mol. The molecule has 8 heteroatoms. The predicted molar refractivity (Wildman–Crippen MR) is 102 cm³/mol. The van der Waals surface area contributed by atoms with Crippen molar-refractivity contribution < 1.29 is 34.3 Å². The molecule has 5 atom stereocenters. The Bertz CT molecular complexity index is 376. The second kappa shape index (κ2) is 15.2. The lowest BCUT2D eigenvalue weighted by atomic mass is 9.92. The van der Waals surface area contributed by atoms with E-state index in [-0.39, 0.29) is 25.2 Å². The van der Waals surface area contributed by atoms with Crippen molar-refractivity contribution in [1.29, 1.82) is 0 Å². The maximum Gasteiger partial charge on any atom is 0.221 e. The zero-order chi connectivity index (χ0) is 20.8. The van der Waals surface area contributed by atoms with Crippen LogP contribution in [-0.2, 0) is 19.0 Å². The lowest BCUT2D eigenvalue weighted by Crippen LogP contribution is -2.55. The van der Waals surface area contributed by atoms with E-state index in [9.17, 15) is 15.0 Å². The highest BCUT2D eigenvalue weighted by atomic mass is 16.7. The SMILES string of the molecule is CC(C)C.COCNC(=O)CCCCCO[C@@H]1OC(CO)[C@H](O)[C@H](O)C1C. The van der Waals surface area contributed by atoms with Crippen LogP contribution in [0.4, 0.5) is 0 Å². The fourth-order valence-corrected chi connectivity index (χ4v) is 2.42. The molecular formula is C19H39NO7. The van der Waals surface area contributed by atoms with Gasteiger partial charge < -0.3 is 34.8 Å². The van der Waals surface area contributed by atoms with Crippen LogP contribution in [0.25, 0.3) is 0 Å². The molecular weight excluding hydrogens is 354 g/mol. The molecule has 0 aromatic carbocycles. The van der Waals surface area contributed by atoms with Gasteiger partial charge in [0, 0.05) is 26.1 Å².